The van der Waals surface area contributed by atoms with Crippen LogP contribution in [-0.4, -0.2) is 40.9 Å². The monoisotopic (exact) mass is 403 g/mol. The first-order valence-corrected chi connectivity index (χ1v) is 11.2. The summed E-state index contributed by atoms with van der Waals surface area (Å²) in [5.74, 6) is 0.266. The van der Waals surface area contributed by atoms with Crippen LogP contribution in [0.5, 0.6) is 0 Å². The Bertz CT molecular complexity index is 651. The molecule has 0 spiro atoms. The Morgan fingerprint density at radius 3 is 2.41 bits per heavy atom. The average molecular weight is 404 g/mol. The number of nitrogens with one attached hydrogen (secondary N) is 2. The molecule has 0 radical (unpaired) electrons. The molecule has 1 aliphatic heterocycles. The zero-order valence-corrected chi connectivity index (χ0v) is 19.4. The summed E-state index contributed by atoms with van der Waals surface area (Å²) in [7, 11) is 0. The summed E-state index contributed by atoms with van der Waals surface area (Å²) in [6.45, 7) is 15.9. The molecule has 5 nitrogen and oxygen atoms in total. The van der Waals surface area contributed by atoms with E-state index in [1.165, 1.54) is 5.56 Å². The highest BCUT2D eigenvalue weighted by Gasteiger charge is 2.54. The minimum absolute atomic E-state index is 0.0767. The van der Waals surface area contributed by atoms with Crippen molar-refractivity contribution >= 4 is 6.03 Å². The van der Waals surface area contributed by atoms with Gasteiger partial charge < -0.3 is 10.6 Å². The summed E-state index contributed by atoms with van der Waals surface area (Å²) in [5.41, 5.74) is 0.998. The van der Waals surface area contributed by atoms with Gasteiger partial charge in [-0.05, 0) is 64.9 Å². The van der Waals surface area contributed by atoms with E-state index in [9.17, 15) is 4.79 Å². The molecule has 2 rings (SSSR count). The van der Waals surface area contributed by atoms with Gasteiger partial charge in [0.2, 0.25) is 0 Å². The van der Waals surface area contributed by atoms with Crippen LogP contribution in [0.4, 0.5) is 4.79 Å². The molecular formula is C24H41N3O2. The molecule has 0 bridgehead atoms. The van der Waals surface area contributed by atoms with E-state index in [2.05, 4.69) is 74.6 Å². The molecule has 29 heavy (non-hydrogen) atoms. The molecular weight excluding hydrogens is 362 g/mol. The summed E-state index contributed by atoms with van der Waals surface area (Å²) in [4.78, 5) is 18.9. The van der Waals surface area contributed by atoms with Crippen molar-refractivity contribution in [2.24, 2.45) is 5.92 Å². The first-order valence-electron chi connectivity index (χ1n) is 11.2. The number of carbonyl (C=O) groups is 1. The number of carbonyl (C=O) groups excluding carboxylic acids is 1. The van der Waals surface area contributed by atoms with Crippen LogP contribution >= 0.6 is 0 Å². The maximum absolute atomic E-state index is 12.4. The maximum atomic E-state index is 12.4. The number of benzene rings is 1. The molecule has 0 aliphatic carbocycles. The van der Waals surface area contributed by atoms with Crippen molar-refractivity contribution in [2.75, 3.05) is 6.61 Å². The molecule has 1 saturated heterocycles. The SMILES string of the molecule is CCC1(C)CC(NC(=O)NC(C)C)C(C)C(C)(CC)N1OCCc1ccccc1. The third kappa shape index (κ3) is 5.52. The topological polar surface area (TPSA) is 53.6 Å². The predicted octanol–water partition coefficient (Wildman–Crippen LogP) is 4.92. The minimum atomic E-state index is -0.157. The minimum Gasteiger partial charge on any atom is -0.336 e. The fourth-order valence-electron chi connectivity index (χ4n) is 4.57. The van der Waals surface area contributed by atoms with E-state index >= 15 is 0 Å². The van der Waals surface area contributed by atoms with Crippen LogP contribution in [0.1, 0.15) is 73.3 Å². The summed E-state index contributed by atoms with van der Waals surface area (Å²) >= 11 is 0. The fourth-order valence-corrected chi connectivity index (χ4v) is 4.57. The summed E-state index contributed by atoms with van der Waals surface area (Å²) in [5, 5.41) is 8.49. The molecule has 4 atom stereocenters. The largest absolute Gasteiger partial charge is 0.336 e. The van der Waals surface area contributed by atoms with Crippen LogP contribution in [0.3, 0.4) is 0 Å². The van der Waals surface area contributed by atoms with Gasteiger partial charge in [-0.1, -0.05) is 51.1 Å². The van der Waals surface area contributed by atoms with Crippen molar-refractivity contribution in [3.8, 4) is 0 Å². The molecule has 2 N–H and O–H groups in total. The van der Waals surface area contributed by atoms with Gasteiger partial charge in [0.05, 0.1) is 6.61 Å². The second-order valence-corrected chi connectivity index (χ2v) is 9.30. The smallest absolute Gasteiger partial charge is 0.315 e. The number of urea groups is 1. The number of piperidine rings is 1. The summed E-state index contributed by atoms with van der Waals surface area (Å²) in [6, 6.07) is 10.6. The Labute approximate surface area is 177 Å². The van der Waals surface area contributed by atoms with Gasteiger partial charge in [-0.2, -0.15) is 5.06 Å². The molecule has 164 valence electrons. The second kappa shape index (κ2) is 9.94. The number of hydrogen-bond acceptors (Lipinski definition) is 3. The Hall–Kier alpha value is -1.59. The molecule has 1 fully saturated rings. The van der Waals surface area contributed by atoms with Crippen LogP contribution in [0.15, 0.2) is 30.3 Å². The highest BCUT2D eigenvalue weighted by Crippen LogP contribution is 2.45. The summed E-state index contributed by atoms with van der Waals surface area (Å²) < 4.78 is 0. The lowest BCUT2D eigenvalue weighted by molar-refractivity contribution is -0.306. The average Bonchev–Trinajstić information content (AvgIpc) is 2.68. The number of hydroxylamine groups is 2. The third-order valence-corrected chi connectivity index (χ3v) is 6.87. The van der Waals surface area contributed by atoms with Gasteiger partial charge in [-0.25, -0.2) is 4.79 Å². The Balaban J connectivity index is 2.16. The number of rotatable bonds is 8. The molecule has 5 heteroatoms. The van der Waals surface area contributed by atoms with E-state index in [1.54, 1.807) is 0 Å². The summed E-state index contributed by atoms with van der Waals surface area (Å²) in [6.07, 6.45) is 3.69. The lowest BCUT2D eigenvalue weighted by Crippen LogP contribution is -2.70. The highest BCUT2D eigenvalue weighted by atomic mass is 16.7. The zero-order chi connectivity index (χ0) is 21.7. The van der Waals surface area contributed by atoms with Crippen molar-refractivity contribution in [1.29, 1.82) is 0 Å². The number of amides is 2. The van der Waals surface area contributed by atoms with Gasteiger partial charge in [0.15, 0.2) is 0 Å². The molecule has 0 aromatic heterocycles. The van der Waals surface area contributed by atoms with Crippen molar-refractivity contribution in [3.63, 3.8) is 0 Å². The van der Waals surface area contributed by atoms with E-state index in [1.807, 2.05) is 19.9 Å². The number of nitrogens with zero attached hydrogens (tertiary/aromatic N) is 1. The normalized spacial score (nSPS) is 30.3. The van der Waals surface area contributed by atoms with Crippen LogP contribution < -0.4 is 10.6 Å². The molecule has 1 aliphatic rings. The standard InChI is InChI=1S/C24H41N3O2/c1-8-23(6)17-21(26-22(28)25-18(3)4)19(5)24(7,9-2)27(23)29-16-15-20-13-11-10-12-14-20/h10-14,18-19,21H,8-9,15-17H2,1-7H3,(H2,25,26,28). The van der Waals surface area contributed by atoms with E-state index in [4.69, 9.17) is 4.84 Å². The van der Waals surface area contributed by atoms with Crippen molar-refractivity contribution in [2.45, 2.75) is 97.3 Å². The molecule has 1 aromatic rings. The van der Waals surface area contributed by atoms with Gasteiger partial charge in [0.25, 0.3) is 0 Å². The van der Waals surface area contributed by atoms with Gasteiger partial charge in [-0.15, -0.1) is 0 Å². The molecule has 4 unspecified atom stereocenters. The lowest BCUT2D eigenvalue weighted by Gasteiger charge is -2.59. The van der Waals surface area contributed by atoms with E-state index < -0.39 is 0 Å². The van der Waals surface area contributed by atoms with Gasteiger partial charge >= 0.3 is 6.03 Å². The van der Waals surface area contributed by atoms with E-state index in [-0.39, 0.29) is 35.1 Å². The van der Waals surface area contributed by atoms with Crippen LogP contribution in [-0.2, 0) is 11.3 Å². The second-order valence-electron chi connectivity index (χ2n) is 9.30. The van der Waals surface area contributed by atoms with Crippen LogP contribution in [0.2, 0.25) is 0 Å². The van der Waals surface area contributed by atoms with Crippen LogP contribution in [0.25, 0.3) is 0 Å². The molecule has 2 amide bonds. The maximum Gasteiger partial charge on any atom is 0.315 e. The van der Waals surface area contributed by atoms with Crippen molar-refractivity contribution in [3.05, 3.63) is 35.9 Å². The third-order valence-electron chi connectivity index (χ3n) is 6.87. The first-order chi connectivity index (χ1) is 13.7. The quantitative estimate of drug-likeness (QED) is 0.648. The first kappa shape index (κ1) is 23.7. The van der Waals surface area contributed by atoms with E-state index in [0.29, 0.717) is 6.61 Å². The highest BCUT2D eigenvalue weighted by molar-refractivity contribution is 5.74. The lowest BCUT2D eigenvalue weighted by atomic mass is 9.68. The Morgan fingerprint density at radius 2 is 1.86 bits per heavy atom. The molecule has 1 aromatic carbocycles. The van der Waals surface area contributed by atoms with Gasteiger partial charge in [-0.3, -0.25) is 4.84 Å². The molecule has 0 saturated carbocycles. The number of hydrogen-bond donors (Lipinski definition) is 2. The van der Waals surface area contributed by atoms with Crippen molar-refractivity contribution < 1.29 is 9.63 Å². The van der Waals surface area contributed by atoms with Gasteiger partial charge in [0.1, 0.15) is 0 Å². The Kier molecular flexibility index (Phi) is 8.12. The molecule has 1 heterocycles. The zero-order valence-electron chi connectivity index (χ0n) is 19.4. The van der Waals surface area contributed by atoms with Crippen LogP contribution in [0, 0.1) is 5.92 Å². The van der Waals surface area contributed by atoms with E-state index in [0.717, 1.165) is 25.7 Å². The van der Waals surface area contributed by atoms with Gasteiger partial charge in [0, 0.05) is 23.2 Å². The predicted molar refractivity (Wildman–Crippen MR) is 120 cm³/mol. The fraction of sp³-hybridized carbons (Fsp3) is 0.708. The van der Waals surface area contributed by atoms with Crippen molar-refractivity contribution in [1.82, 2.24) is 15.7 Å². The Morgan fingerprint density at radius 1 is 1.21 bits per heavy atom.